The van der Waals surface area contributed by atoms with Crippen molar-refractivity contribution in [3.63, 3.8) is 0 Å². The van der Waals surface area contributed by atoms with Crippen molar-refractivity contribution in [1.29, 1.82) is 0 Å². The molecule has 0 saturated carbocycles. The molecule has 14 heavy (non-hydrogen) atoms. The quantitative estimate of drug-likeness (QED) is 0.657. The average molecular weight is 200 g/mol. The maximum absolute atomic E-state index is 10.9. The van der Waals surface area contributed by atoms with Gasteiger partial charge in [-0.2, -0.15) is 0 Å². The molecule has 1 atom stereocenters. The number of hydrogen-bond donors (Lipinski definition) is 2. The molecule has 0 amide bonds. The highest BCUT2D eigenvalue weighted by Crippen LogP contribution is 2.07. The number of carboxylic acids is 1. The van der Waals surface area contributed by atoms with Crippen molar-refractivity contribution in [2.24, 2.45) is 0 Å². The molecule has 2 N–H and O–H groups in total. The van der Waals surface area contributed by atoms with E-state index < -0.39 is 12.0 Å². The third-order valence-electron chi connectivity index (χ3n) is 2.58. The van der Waals surface area contributed by atoms with Gasteiger partial charge in [-0.05, 0) is 38.9 Å². The minimum Gasteiger partial charge on any atom is -0.480 e. The summed E-state index contributed by atoms with van der Waals surface area (Å²) >= 11 is 0. The van der Waals surface area contributed by atoms with Crippen LogP contribution in [0.1, 0.15) is 26.2 Å². The molecule has 0 aromatic carbocycles. The standard InChI is InChI=1S/C10H20N2O2/c1-2-5-11-9(10(13)14)8-12-6-3-4-7-12/h9,11H,2-8H2,1H3,(H,13,14). The van der Waals surface area contributed by atoms with Crippen molar-refractivity contribution in [1.82, 2.24) is 10.2 Å². The molecule has 4 nitrogen and oxygen atoms in total. The predicted octanol–water partition coefficient (Wildman–Crippen LogP) is 0.535. The Labute approximate surface area is 85.3 Å². The van der Waals surface area contributed by atoms with E-state index in [9.17, 15) is 4.79 Å². The first-order chi connectivity index (χ1) is 6.74. The first-order valence-corrected chi connectivity index (χ1v) is 5.42. The topological polar surface area (TPSA) is 52.6 Å². The molecule has 1 unspecified atom stereocenters. The van der Waals surface area contributed by atoms with Crippen molar-refractivity contribution in [3.05, 3.63) is 0 Å². The summed E-state index contributed by atoms with van der Waals surface area (Å²) in [7, 11) is 0. The van der Waals surface area contributed by atoms with Crippen LogP contribution in [-0.2, 0) is 4.79 Å². The second-order valence-corrected chi connectivity index (χ2v) is 3.85. The van der Waals surface area contributed by atoms with Crippen molar-refractivity contribution in [3.8, 4) is 0 Å². The smallest absolute Gasteiger partial charge is 0.322 e. The van der Waals surface area contributed by atoms with Gasteiger partial charge < -0.3 is 15.3 Å². The first kappa shape index (κ1) is 11.5. The second-order valence-electron chi connectivity index (χ2n) is 3.85. The lowest BCUT2D eigenvalue weighted by molar-refractivity contribution is -0.139. The van der Waals surface area contributed by atoms with Gasteiger partial charge in [-0.3, -0.25) is 4.79 Å². The minimum absolute atomic E-state index is 0.395. The fourth-order valence-corrected chi connectivity index (χ4v) is 1.77. The molecule has 82 valence electrons. The van der Waals surface area contributed by atoms with E-state index >= 15 is 0 Å². The highest BCUT2D eigenvalue weighted by Gasteiger charge is 2.21. The Morgan fingerprint density at radius 1 is 1.50 bits per heavy atom. The van der Waals surface area contributed by atoms with E-state index in [-0.39, 0.29) is 0 Å². The van der Waals surface area contributed by atoms with E-state index in [1.807, 2.05) is 6.92 Å². The Kier molecular flexibility index (Phi) is 4.90. The number of aliphatic carboxylic acids is 1. The minimum atomic E-state index is -0.731. The molecule has 0 aromatic rings. The molecule has 1 rings (SSSR count). The highest BCUT2D eigenvalue weighted by molar-refractivity contribution is 5.73. The molecule has 0 spiro atoms. The molecule has 0 bridgehead atoms. The van der Waals surface area contributed by atoms with E-state index in [2.05, 4.69) is 10.2 Å². The van der Waals surface area contributed by atoms with Crippen LogP contribution < -0.4 is 5.32 Å². The molecule has 1 aliphatic rings. The second kappa shape index (κ2) is 5.98. The lowest BCUT2D eigenvalue weighted by Gasteiger charge is -2.20. The third kappa shape index (κ3) is 3.64. The molecule has 0 aliphatic carbocycles. The lowest BCUT2D eigenvalue weighted by Crippen LogP contribution is -2.45. The van der Waals surface area contributed by atoms with E-state index in [0.717, 1.165) is 26.1 Å². The average Bonchev–Trinajstić information content (AvgIpc) is 2.64. The van der Waals surface area contributed by atoms with Crippen molar-refractivity contribution >= 4 is 5.97 Å². The predicted molar refractivity (Wildman–Crippen MR) is 55.4 cm³/mol. The molecule has 1 heterocycles. The largest absolute Gasteiger partial charge is 0.480 e. The van der Waals surface area contributed by atoms with Crippen LogP contribution in [0.25, 0.3) is 0 Å². The maximum Gasteiger partial charge on any atom is 0.322 e. The Balaban J connectivity index is 2.30. The number of likely N-dealkylation sites (tertiary alicyclic amines) is 1. The van der Waals surface area contributed by atoms with Gasteiger partial charge in [0.15, 0.2) is 0 Å². The molecule has 0 aromatic heterocycles. The van der Waals surface area contributed by atoms with E-state index in [4.69, 9.17) is 5.11 Å². The summed E-state index contributed by atoms with van der Waals surface area (Å²) in [5, 5.41) is 12.0. The zero-order chi connectivity index (χ0) is 10.4. The molecule has 1 fully saturated rings. The summed E-state index contributed by atoms with van der Waals surface area (Å²) in [5.74, 6) is -0.731. The van der Waals surface area contributed by atoms with Gasteiger partial charge in [-0.15, -0.1) is 0 Å². The Bertz CT molecular complexity index is 179. The van der Waals surface area contributed by atoms with Crippen LogP contribution >= 0.6 is 0 Å². The van der Waals surface area contributed by atoms with Crippen molar-refractivity contribution in [2.45, 2.75) is 32.2 Å². The summed E-state index contributed by atoms with van der Waals surface area (Å²) in [6, 6.07) is -0.395. The Hall–Kier alpha value is -0.610. The van der Waals surface area contributed by atoms with Gasteiger partial charge >= 0.3 is 5.97 Å². The number of hydrogen-bond acceptors (Lipinski definition) is 3. The zero-order valence-corrected chi connectivity index (χ0v) is 8.83. The van der Waals surface area contributed by atoms with E-state index in [1.165, 1.54) is 12.8 Å². The molecule has 1 aliphatic heterocycles. The first-order valence-electron chi connectivity index (χ1n) is 5.42. The summed E-state index contributed by atoms with van der Waals surface area (Å²) in [6.45, 7) is 5.58. The molecule has 0 radical (unpaired) electrons. The van der Waals surface area contributed by atoms with Crippen LogP contribution in [0.3, 0.4) is 0 Å². The molecule has 1 saturated heterocycles. The summed E-state index contributed by atoms with van der Waals surface area (Å²) in [6.07, 6.45) is 3.39. The Morgan fingerprint density at radius 2 is 2.14 bits per heavy atom. The van der Waals surface area contributed by atoms with Gasteiger partial charge in [0.05, 0.1) is 0 Å². The normalized spacial score (nSPS) is 19.8. The molecule has 4 heteroatoms. The number of nitrogens with one attached hydrogen (secondary N) is 1. The third-order valence-corrected chi connectivity index (χ3v) is 2.58. The van der Waals surface area contributed by atoms with Crippen LogP contribution in [0.2, 0.25) is 0 Å². The molecular formula is C10H20N2O2. The monoisotopic (exact) mass is 200 g/mol. The van der Waals surface area contributed by atoms with Crippen molar-refractivity contribution in [2.75, 3.05) is 26.2 Å². The highest BCUT2D eigenvalue weighted by atomic mass is 16.4. The van der Waals surface area contributed by atoms with Crippen LogP contribution in [0.15, 0.2) is 0 Å². The van der Waals surface area contributed by atoms with Gasteiger partial charge in [-0.25, -0.2) is 0 Å². The van der Waals surface area contributed by atoms with Crippen LogP contribution in [0.4, 0.5) is 0 Å². The lowest BCUT2D eigenvalue weighted by atomic mass is 10.2. The van der Waals surface area contributed by atoms with E-state index in [1.54, 1.807) is 0 Å². The fourth-order valence-electron chi connectivity index (χ4n) is 1.77. The van der Waals surface area contributed by atoms with E-state index in [0.29, 0.717) is 6.54 Å². The summed E-state index contributed by atoms with van der Waals surface area (Å²) in [4.78, 5) is 13.1. The SMILES string of the molecule is CCCNC(CN1CCCC1)C(=O)O. The Morgan fingerprint density at radius 3 is 2.64 bits per heavy atom. The zero-order valence-electron chi connectivity index (χ0n) is 8.83. The van der Waals surface area contributed by atoms with Crippen LogP contribution in [-0.4, -0.2) is 48.2 Å². The van der Waals surface area contributed by atoms with Gasteiger partial charge in [-0.1, -0.05) is 6.92 Å². The van der Waals surface area contributed by atoms with Gasteiger partial charge in [0, 0.05) is 6.54 Å². The number of rotatable bonds is 6. The van der Waals surface area contributed by atoms with Gasteiger partial charge in [0.25, 0.3) is 0 Å². The molecular weight excluding hydrogens is 180 g/mol. The fraction of sp³-hybridized carbons (Fsp3) is 0.900. The summed E-state index contributed by atoms with van der Waals surface area (Å²) in [5.41, 5.74) is 0. The number of carboxylic acid groups (broad SMARTS) is 1. The number of nitrogens with zero attached hydrogens (tertiary/aromatic N) is 1. The van der Waals surface area contributed by atoms with Crippen LogP contribution in [0, 0.1) is 0 Å². The maximum atomic E-state index is 10.9. The number of carbonyl (C=O) groups is 1. The van der Waals surface area contributed by atoms with Crippen LogP contribution in [0.5, 0.6) is 0 Å². The summed E-state index contributed by atoms with van der Waals surface area (Å²) < 4.78 is 0. The van der Waals surface area contributed by atoms with Crippen molar-refractivity contribution < 1.29 is 9.90 Å². The van der Waals surface area contributed by atoms with Gasteiger partial charge in [0.2, 0.25) is 0 Å². The van der Waals surface area contributed by atoms with Gasteiger partial charge in [0.1, 0.15) is 6.04 Å².